The lowest BCUT2D eigenvalue weighted by atomic mass is 9.86. The summed E-state index contributed by atoms with van der Waals surface area (Å²) >= 11 is 0. The van der Waals surface area contributed by atoms with Crippen molar-refractivity contribution >= 4 is 17.5 Å². The van der Waals surface area contributed by atoms with Crippen LogP contribution in [-0.4, -0.2) is 51.1 Å². The Labute approximate surface area is 152 Å². The molecule has 0 N–H and O–H groups in total. The van der Waals surface area contributed by atoms with Crippen molar-refractivity contribution in [1.29, 1.82) is 0 Å². The summed E-state index contributed by atoms with van der Waals surface area (Å²) in [5.41, 5.74) is 2.28. The molecule has 136 valence electrons. The maximum atomic E-state index is 12.8. The first kappa shape index (κ1) is 16.8. The fraction of sp³-hybridized carbons (Fsp3) is 0.474. The Morgan fingerprint density at radius 2 is 2.12 bits per heavy atom. The van der Waals surface area contributed by atoms with Gasteiger partial charge in [-0.3, -0.25) is 19.3 Å². The minimum Gasteiger partial charge on any atom is -0.338 e. The highest BCUT2D eigenvalue weighted by molar-refractivity contribution is 5.97. The second kappa shape index (κ2) is 6.23. The SMILES string of the molecule is CCc1ccc(C(=O)N2CCC3(CC(=O)N(c4cnn(C)c4)C3)C2)cn1. The molecule has 0 aromatic carbocycles. The smallest absolute Gasteiger partial charge is 0.255 e. The van der Waals surface area contributed by atoms with E-state index in [-0.39, 0.29) is 17.2 Å². The third-order valence-electron chi connectivity index (χ3n) is 5.48. The van der Waals surface area contributed by atoms with Gasteiger partial charge in [0.25, 0.3) is 5.91 Å². The van der Waals surface area contributed by atoms with Gasteiger partial charge in [-0.15, -0.1) is 0 Å². The lowest BCUT2D eigenvalue weighted by Crippen LogP contribution is -2.34. The molecule has 2 fully saturated rings. The van der Waals surface area contributed by atoms with E-state index < -0.39 is 0 Å². The number of rotatable bonds is 3. The summed E-state index contributed by atoms with van der Waals surface area (Å²) < 4.78 is 1.70. The maximum Gasteiger partial charge on any atom is 0.255 e. The molecule has 4 heterocycles. The van der Waals surface area contributed by atoms with E-state index in [9.17, 15) is 9.59 Å². The van der Waals surface area contributed by atoms with Gasteiger partial charge in [0, 0.05) is 56.6 Å². The number of aryl methyl sites for hydroxylation is 2. The van der Waals surface area contributed by atoms with Gasteiger partial charge in [-0.25, -0.2) is 0 Å². The van der Waals surface area contributed by atoms with Crippen LogP contribution in [0.1, 0.15) is 35.8 Å². The van der Waals surface area contributed by atoms with Crippen LogP contribution in [0.4, 0.5) is 5.69 Å². The fourth-order valence-electron chi connectivity index (χ4n) is 4.00. The van der Waals surface area contributed by atoms with E-state index in [0.717, 1.165) is 24.2 Å². The van der Waals surface area contributed by atoms with E-state index in [1.54, 1.807) is 22.0 Å². The monoisotopic (exact) mass is 353 g/mol. The number of aromatic nitrogens is 3. The van der Waals surface area contributed by atoms with Crippen LogP contribution < -0.4 is 4.90 Å². The number of pyridine rings is 1. The van der Waals surface area contributed by atoms with Gasteiger partial charge in [0.05, 0.1) is 17.4 Å². The second-order valence-corrected chi connectivity index (χ2v) is 7.40. The molecular formula is C19H23N5O2. The molecule has 2 aromatic rings. The van der Waals surface area contributed by atoms with Crippen molar-refractivity contribution in [2.45, 2.75) is 26.2 Å². The summed E-state index contributed by atoms with van der Waals surface area (Å²) in [5.74, 6) is 0.116. The predicted octanol–water partition coefficient (Wildman–Crippen LogP) is 1.65. The zero-order chi connectivity index (χ0) is 18.3. The summed E-state index contributed by atoms with van der Waals surface area (Å²) in [6.07, 6.45) is 7.42. The van der Waals surface area contributed by atoms with Crippen molar-refractivity contribution < 1.29 is 9.59 Å². The van der Waals surface area contributed by atoms with Crippen molar-refractivity contribution in [3.63, 3.8) is 0 Å². The molecule has 0 saturated carbocycles. The summed E-state index contributed by atoms with van der Waals surface area (Å²) in [7, 11) is 1.84. The average molecular weight is 353 g/mol. The van der Waals surface area contributed by atoms with Gasteiger partial charge < -0.3 is 9.80 Å². The maximum absolute atomic E-state index is 12.8. The third-order valence-corrected chi connectivity index (χ3v) is 5.48. The number of anilines is 1. The van der Waals surface area contributed by atoms with Gasteiger partial charge in [-0.1, -0.05) is 6.92 Å². The van der Waals surface area contributed by atoms with Crippen molar-refractivity contribution in [2.24, 2.45) is 12.5 Å². The number of nitrogens with zero attached hydrogens (tertiary/aromatic N) is 5. The quantitative estimate of drug-likeness (QED) is 0.841. The highest BCUT2D eigenvalue weighted by Gasteiger charge is 2.49. The van der Waals surface area contributed by atoms with Crippen LogP contribution in [0, 0.1) is 5.41 Å². The molecule has 2 aromatic heterocycles. The topological polar surface area (TPSA) is 71.3 Å². The second-order valence-electron chi connectivity index (χ2n) is 7.40. The highest BCUT2D eigenvalue weighted by Crippen LogP contribution is 2.42. The molecule has 7 nitrogen and oxygen atoms in total. The molecule has 26 heavy (non-hydrogen) atoms. The third kappa shape index (κ3) is 2.87. The standard InChI is InChI=1S/C19H23N5O2/c1-3-15-5-4-14(9-20-15)18(26)23-7-6-19(12-23)8-17(25)24(13-19)16-10-21-22(2)11-16/h4-5,9-11H,3,6-8,12-13H2,1-2H3. The van der Waals surface area contributed by atoms with Crippen molar-refractivity contribution in [2.75, 3.05) is 24.5 Å². The number of amides is 2. The van der Waals surface area contributed by atoms with Crippen molar-refractivity contribution in [3.8, 4) is 0 Å². The van der Waals surface area contributed by atoms with Crippen LogP contribution in [0.25, 0.3) is 0 Å². The Morgan fingerprint density at radius 1 is 1.27 bits per heavy atom. The van der Waals surface area contributed by atoms with Crippen LogP contribution >= 0.6 is 0 Å². The van der Waals surface area contributed by atoms with Gasteiger partial charge >= 0.3 is 0 Å². The van der Waals surface area contributed by atoms with Crippen LogP contribution in [0.15, 0.2) is 30.7 Å². The lowest BCUT2D eigenvalue weighted by Gasteiger charge is -2.23. The van der Waals surface area contributed by atoms with Crippen LogP contribution in [0.5, 0.6) is 0 Å². The molecule has 0 radical (unpaired) electrons. The summed E-state index contributed by atoms with van der Waals surface area (Å²) in [6.45, 7) is 3.99. The molecule has 0 bridgehead atoms. The number of likely N-dealkylation sites (tertiary alicyclic amines) is 1. The van der Waals surface area contributed by atoms with E-state index in [4.69, 9.17) is 0 Å². The summed E-state index contributed by atoms with van der Waals surface area (Å²) in [6, 6.07) is 3.75. The molecule has 2 amide bonds. The van der Waals surface area contributed by atoms with Gasteiger partial charge in [0.15, 0.2) is 0 Å². The van der Waals surface area contributed by atoms with Crippen molar-refractivity contribution in [1.82, 2.24) is 19.7 Å². The summed E-state index contributed by atoms with van der Waals surface area (Å²) in [4.78, 5) is 33.3. The Morgan fingerprint density at radius 3 is 2.77 bits per heavy atom. The normalized spacial score (nSPS) is 22.6. The molecule has 4 rings (SSSR count). The highest BCUT2D eigenvalue weighted by atomic mass is 16.2. The largest absolute Gasteiger partial charge is 0.338 e. The first-order valence-electron chi connectivity index (χ1n) is 9.03. The number of hydrogen-bond donors (Lipinski definition) is 0. The van der Waals surface area contributed by atoms with Gasteiger partial charge in [-0.05, 0) is 25.0 Å². The van der Waals surface area contributed by atoms with Gasteiger partial charge in [0.1, 0.15) is 0 Å². The molecular weight excluding hydrogens is 330 g/mol. The van der Waals surface area contributed by atoms with Gasteiger partial charge in [0.2, 0.25) is 5.91 Å². The molecule has 1 atom stereocenters. The first-order chi connectivity index (χ1) is 12.5. The molecule has 1 unspecified atom stereocenters. The zero-order valence-electron chi connectivity index (χ0n) is 15.2. The Balaban J connectivity index is 1.47. The first-order valence-corrected chi connectivity index (χ1v) is 9.03. The molecule has 2 aliphatic heterocycles. The Kier molecular flexibility index (Phi) is 4.01. The lowest BCUT2D eigenvalue weighted by molar-refractivity contribution is -0.117. The Bertz CT molecular complexity index is 844. The molecule has 0 aliphatic carbocycles. The van der Waals surface area contributed by atoms with Crippen molar-refractivity contribution in [3.05, 3.63) is 42.0 Å². The number of carbonyl (C=O) groups is 2. The van der Waals surface area contributed by atoms with Crippen LogP contribution in [0.3, 0.4) is 0 Å². The van der Waals surface area contributed by atoms with E-state index in [0.29, 0.717) is 31.6 Å². The number of hydrogen-bond acceptors (Lipinski definition) is 4. The van der Waals surface area contributed by atoms with Crippen LogP contribution in [-0.2, 0) is 18.3 Å². The Hall–Kier alpha value is -2.70. The molecule has 1 spiro atoms. The van der Waals surface area contributed by atoms with E-state index >= 15 is 0 Å². The minimum atomic E-state index is -0.153. The van der Waals surface area contributed by atoms with E-state index in [1.807, 2.05) is 37.2 Å². The summed E-state index contributed by atoms with van der Waals surface area (Å²) in [5, 5.41) is 4.16. The fourth-order valence-corrected chi connectivity index (χ4v) is 4.00. The van der Waals surface area contributed by atoms with E-state index in [1.165, 1.54) is 0 Å². The zero-order valence-corrected chi connectivity index (χ0v) is 15.2. The van der Waals surface area contributed by atoms with Gasteiger partial charge in [-0.2, -0.15) is 5.10 Å². The van der Waals surface area contributed by atoms with E-state index in [2.05, 4.69) is 10.1 Å². The predicted molar refractivity (Wildman–Crippen MR) is 96.7 cm³/mol. The molecule has 2 saturated heterocycles. The minimum absolute atomic E-state index is 0.00399. The molecule has 7 heteroatoms. The average Bonchev–Trinajstić information content (AvgIpc) is 3.34. The van der Waals surface area contributed by atoms with Crippen LogP contribution in [0.2, 0.25) is 0 Å². The number of carbonyl (C=O) groups excluding carboxylic acids is 2. The molecule has 2 aliphatic rings.